The molecule has 0 saturated heterocycles. The molecule has 0 amide bonds. The standard InChI is InChI=1S/C13H20ClFN2/c1-9(3-4-16)7-17-8-11-6-13(15)10(2)5-12(11)14/h5-6,9,17H,3-4,7-8,16H2,1-2H3. The van der Waals surface area contributed by atoms with Gasteiger partial charge in [0.2, 0.25) is 0 Å². The van der Waals surface area contributed by atoms with Crippen LogP contribution in [0.25, 0.3) is 0 Å². The Bertz CT molecular complexity index is 369. The number of nitrogens with one attached hydrogen (secondary N) is 1. The van der Waals surface area contributed by atoms with Gasteiger partial charge in [0.05, 0.1) is 0 Å². The van der Waals surface area contributed by atoms with E-state index in [1.807, 2.05) is 0 Å². The molecule has 1 rings (SSSR count). The van der Waals surface area contributed by atoms with Crippen molar-refractivity contribution in [1.82, 2.24) is 5.32 Å². The van der Waals surface area contributed by atoms with Gasteiger partial charge in [0.25, 0.3) is 0 Å². The molecular formula is C13H20ClFN2. The maximum atomic E-state index is 13.4. The first-order valence-electron chi connectivity index (χ1n) is 5.90. The number of hydrogen-bond donors (Lipinski definition) is 2. The molecule has 0 bridgehead atoms. The molecule has 0 fully saturated rings. The average molecular weight is 259 g/mol. The highest BCUT2D eigenvalue weighted by molar-refractivity contribution is 6.31. The van der Waals surface area contributed by atoms with Crippen molar-refractivity contribution in [2.75, 3.05) is 13.1 Å². The maximum Gasteiger partial charge on any atom is 0.126 e. The summed E-state index contributed by atoms with van der Waals surface area (Å²) in [7, 11) is 0. The first kappa shape index (κ1) is 14.4. The van der Waals surface area contributed by atoms with E-state index in [4.69, 9.17) is 17.3 Å². The largest absolute Gasteiger partial charge is 0.330 e. The average Bonchev–Trinajstić information content (AvgIpc) is 2.26. The van der Waals surface area contributed by atoms with E-state index in [2.05, 4.69) is 12.2 Å². The van der Waals surface area contributed by atoms with Gasteiger partial charge in [0.15, 0.2) is 0 Å². The molecule has 3 N–H and O–H groups in total. The van der Waals surface area contributed by atoms with Gasteiger partial charge in [0.1, 0.15) is 5.82 Å². The van der Waals surface area contributed by atoms with Crippen molar-refractivity contribution in [3.63, 3.8) is 0 Å². The van der Waals surface area contributed by atoms with E-state index in [1.165, 1.54) is 6.07 Å². The number of hydrogen-bond acceptors (Lipinski definition) is 2. The van der Waals surface area contributed by atoms with E-state index in [9.17, 15) is 4.39 Å². The third-order valence-corrected chi connectivity index (χ3v) is 3.15. The summed E-state index contributed by atoms with van der Waals surface area (Å²) in [5.74, 6) is 0.315. The third kappa shape index (κ3) is 4.62. The molecule has 1 aromatic rings. The molecule has 2 nitrogen and oxygen atoms in total. The van der Waals surface area contributed by atoms with Gasteiger partial charge in [-0.15, -0.1) is 0 Å². The Morgan fingerprint density at radius 3 is 2.82 bits per heavy atom. The predicted octanol–water partition coefficient (Wildman–Crippen LogP) is 2.86. The third-order valence-electron chi connectivity index (χ3n) is 2.80. The van der Waals surface area contributed by atoms with Crippen LogP contribution in [0.4, 0.5) is 4.39 Å². The Balaban J connectivity index is 2.49. The van der Waals surface area contributed by atoms with Crippen LogP contribution in [-0.4, -0.2) is 13.1 Å². The number of rotatable bonds is 6. The molecular weight excluding hydrogens is 239 g/mol. The number of halogens is 2. The summed E-state index contributed by atoms with van der Waals surface area (Å²) in [6.45, 7) is 6.00. The second-order valence-electron chi connectivity index (χ2n) is 4.51. The second-order valence-corrected chi connectivity index (χ2v) is 4.91. The first-order valence-corrected chi connectivity index (χ1v) is 6.27. The summed E-state index contributed by atoms with van der Waals surface area (Å²) >= 11 is 6.05. The van der Waals surface area contributed by atoms with Gasteiger partial charge in [-0.2, -0.15) is 0 Å². The molecule has 0 radical (unpaired) electrons. The first-order chi connectivity index (χ1) is 8.04. The van der Waals surface area contributed by atoms with Crippen LogP contribution in [0.2, 0.25) is 5.02 Å². The highest BCUT2D eigenvalue weighted by atomic mass is 35.5. The van der Waals surface area contributed by atoms with E-state index >= 15 is 0 Å². The Hall–Kier alpha value is -0.640. The molecule has 4 heteroatoms. The fourth-order valence-electron chi connectivity index (χ4n) is 1.66. The molecule has 0 aromatic heterocycles. The summed E-state index contributed by atoms with van der Waals surface area (Å²) in [5.41, 5.74) is 6.85. The van der Waals surface area contributed by atoms with E-state index in [0.717, 1.165) is 18.5 Å². The van der Waals surface area contributed by atoms with Crippen molar-refractivity contribution in [3.8, 4) is 0 Å². The monoisotopic (exact) mass is 258 g/mol. The fraction of sp³-hybridized carbons (Fsp3) is 0.538. The smallest absolute Gasteiger partial charge is 0.126 e. The highest BCUT2D eigenvalue weighted by Gasteiger charge is 2.06. The van der Waals surface area contributed by atoms with Crippen molar-refractivity contribution >= 4 is 11.6 Å². The van der Waals surface area contributed by atoms with Crippen LogP contribution in [0.5, 0.6) is 0 Å². The molecule has 0 heterocycles. The zero-order valence-corrected chi connectivity index (χ0v) is 11.1. The quantitative estimate of drug-likeness (QED) is 0.824. The van der Waals surface area contributed by atoms with Gasteiger partial charge in [-0.3, -0.25) is 0 Å². The molecule has 1 atom stereocenters. The van der Waals surface area contributed by atoms with Crippen LogP contribution in [0.3, 0.4) is 0 Å². The Labute approximate surface area is 107 Å². The SMILES string of the molecule is Cc1cc(Cl)c(CNCC(C)CCN)cc1F. The van der Waals surface area contributed by atoms with E-state index in [0.29, 0.717) is 29.6 Å². The molecule has 96 valence electrons. The van der Waals surface area contributed by atoms with E-state index in [-0.39, 0.29) is 5.82 Å². The van der Waals surface area contributed by atoms with Crippen molar-refractivity contribution in [1.29, 1.82) is 0 Å². The van der Waals surface area contributed by atoms with Gasteiger partial charge < -0.3 is 11.1 Å². The zero-order chi connectivity index (χ0) is 12.8. The molecule has 1 unspecified atom stereocenters. The Morgan fingerprint density at radius 1 is 1.47 bits per heavy atom. The van der Waals surface area contributed by atoms with Gasteiger partial charge in [-0.1, -0.05) is 18.5 Å². The summed E-state index contributed by atoms with van der Waals surface area (Å²) in [6, 6.07) is 3.16. The summed E-state index contributed by atoms with van der Waals surface area (Å²) in [6.07, 6.45) is 0.989. The molecule has 0 aliphatic heterocycles. The normalized spacial score (nSPS) is 12.8. The second kappa shape index (κ2) is 6.94. The van der Waals surface area contributed by atoms with Crippen LogP contribution in [0, 0.1) is 18.7 Å². The summed E-state index contributed by atoms with van der Waals surface area (Å²) in [4.78, 5) is 0. The summed E-state index contributed by atoms with van der Waals surface area (Å²) in [5, 5.41) is 3.88. The fourth-order valence-corrected chi connectivity index (χ4v) is 1.95. The Kier molecular flexibility index (Phi) is 5.89. The molecule has 0 spiro atoms. The number of nitrogens with two attached hydrogens (primary N) is 1. The van der Waals surface area contributed by atoms with Gasteiger partial charge >= 0.3 is 0 Å². The minimum absolute atomic E-state index is 0.207. The molecule has 0 saturated carbocycles. The lowest BCUT2D eigenvalue weighted by Crippen LogP contribution is -2.22. The lowest BCUT2D eigenvalue weighted by Gasteiger charge is -2.12. The molecule has 17 heavy (non-hydrogen) atoms. The minimum atomic E-state index is -0.207. The zero-order valence-electron chi connectivity index (χ0n) is 10.4. The van der Waals surface area contributed by atoms with Crippen molar-refractivity contribution in [2.24, 2.45) is 11.7 Å². The number of aryl methyl sites for hydroxylation is 1. The van der Waals surface area contributed by atoms with Crippen LogP contribution in [-0.2, 0) is 6.54 Å². The van der Waals surface area contributed by atoms with Crippen LogP contribution < -0.4 is 11.1 Å². The number of benzene rings is 1. The van der Waals surface area contributed by atoms with Gasteiger partial charge in [-0.05, 0) is 55.6 Å². The molecule has 0 aliphatic carbocycles. The topological polar surface area (TPSA) is 38.0 Å². The van der Waals surface area contributed by atoms with Crippen molar-refractivity contribution in [2.45, 2.75) is 26.8 Å². The van der Waals surface area contributed by atoms with Crippen molar-refractivity contribution < 1.29 is 4.39 Å². The molecule has 0 aliphatic rings. The maximum absolute atomic E-state index is 13.4. The van der Waals surface area contributed by atoms with Gasteiger partial charge in [0, 0.05) is 11.6 Å². The van der Waals surface area contributed by atoms with E-state index in [1.54, 1.807) is 13.0 Å². The lowest BCUT2D eigenvalue weighted by molar-refractivity contribution is 0.486. The molecule has 1 aromatic carbocycles. The van der Waals surface area contributed by atoms with Crippen LogP contribution >= 0.6 is 11.6 Å². The Morgan fingerprint density at radius 2 is 2.18 bits per heavy atom. The minimum Gasteiger partial charge on any atom is -0.330 e. The van der Waals surface area contributed by atoms with Crippen LogP contribution in [0.1, 0.15) is 24.5 Å². The predicted molar refractivity (Wildman–Crippen MR) is 70.7 cm³/mol. The van der Waals surface area contributed by atoms with Crippen LogP contribution in [0.15, 0.2) is 12.1 Å². The lowest BCUT2D eigenvalue weighted by atomic mass is 10.1. The summed E-state index contributed by atoms with van der Waals surface area (Å²) < 4.78 is 13.4. The van der Waals surface area contributed by atoms with E-state index < -0.39 is 0 Å². The highest BCUT2D eigenvalue weighted by Crippen LogP contribution is 2.20. The van der Waals surface area contributed by atoms with Crippen molar-refractivity contribution in [3.05, 3.63) is 34.1 Å². The van der Waals surface area contributed by atoms with Gasteiger partial charge in [-0.25, -0.2) is 4.39 Å².